The highest BCUT2D eigenvalue weighted by molar-refractivity contribution is 14.1. The summed E-state index contributed by atoms with van der Waals surface area (Å²) in [5.74, 6) is -0.326. The molecule has 0 aromatic carbocycles. The minimum Gasteiger partial charge on any atom is -0.249 e. The Hall–Kier alpha value is -0.720. The van der Waals surface area contributed by atoms with Gasteiger partial charge in [0.2, 0.25) is 0 Å². The number of nitrogens with zero attached hydrogens (tertiary/aromatic N) is 3. The van der Waals surface area contributed by atoms with E-state index in [-0.39, 0.29) is 5.82 Å². The molecule has 12 heavy (non-hydrogen) atoms. The molecule has 0 aliphatic carbocycles. The van der Waals surface area contributed by atoms with Gasteiger partial charge < -0.3 is 0 Å². The van der Waals surface area contributed by atoms with Crippen LogP contribution in [0.4, 0.5) is 4.39 Å². The zero-order valence-corrected chi connectivity index (χ0v) is 8.41. The first kappa shape index (κ1) is 7.90. The normalized spacial score (nSPS) is 10.9. The van der Waals surface area contributed by atoms with Gasteiger partial charge in [-0.25, -0.2) is 14.1 Å². The molecule has 5 heteroatoms. The molecule has 0 radical (unpaired) electrons. The molecule has 0 aliphatic heterocycles. The standard InChI is InChI=1S/C7H5FIN3/c1-12-7-5(6(9)11-12)2-4(8)3-10-7/h2-3H,1H3. The molecular formula is C7H5FIN3. The molecule has 0 spiro atoms. The van der Waals surface area contributed by atoms with Gasteiger partial charge in [-0.15, -0.1) is 0 Å². The molecule has 2 aromatic heterocycles. The van der Waals surface area contributed by atoms with Crippen LogP contribution < -0.4 is 0 Å². The zero-order chi connectivity index (χ0) is 8.72. The summed E-state index contributed by atoms with van der Waals surface area (Å²) < 4.78 is 15.1. The van der Waals surface area contributed by atoms with Gasteiger partial charge in [0.25, 0.3) is 0 Å². The molecule has 2 heterocycles. The number of fused-ring (bicyclic) bond motifs is 1. The van der Waals surface area contributed by atoms with Crippen molar-refractivity contribution in [1.29, 1.82) is 0 Å². The predicted octanol–water partition coefficient (Wildman–Crippen LogP) is 1.71. The van der Waals surface area contributed by atoms with Crippen molar-refractivity contribution in [3.8, 4) is 0 Å². The Morgan fingerprint density at radius 3 is 3.08 bits per heavy atom. The summed E-state index contributed by atoms with van der Waals surface area (Å²) in [7, 11) is 1.79. The van der Waals surface area contributed by atoms with Crippen molar-refractivity contribution in [3.05, 3.63) is 21.8 Å². The number of halogens is 2. The first-order chi connectivity index (χ1) is 5.68. The Labute approximate surface area is 81.7 Å². The number of aryl methyl sites for hydroxylation is 1. The first-order valence-electron chi connectivity index (χ1n) is 3.32. The van der Waals surface area contributed by atoms with E-state index >= 15 is 0 Å². The summed E-state index contributed by atoms with van der Waals surface area (Å²) >= 11 is 2.06. The van der Waals surface area contributed by atoms with Gasteiger partial charge in [0.1, 0.15) is 9.52 Å². The molecular weight excluding hydrogens is 272 g/mol. The van der Waals surface area contributed by atoms with Gasteiger partial charge in [-0.1, -0.05) is 0 Å². The van der Waals surface area contributed by atoms with Gasteiger partial charge >= 0.3 is 0 Å². The molecule has 0 atom stereocenters. The predicted molar refractivity (Wildman–Crippen MR) is 51.2 cm³/mol. The van der Waals surface area contributed by atoms with Crippen LogP contribution in [0.1, 0.15) is 0 Å². The Morgan fingerprint density at radius 1 is 1.58 bits per heavy atom. The summed E-state index contributed by atoms with van der Waals surface area (Å²) in [5.41, 5.74) is 0.709. The van der Waals surface area contributed by atoms with Crippen LogP contribution in [-0.4, -0.2) is 14.8 Å². The average Bonchev–Trinajstić information content (AvgIpc) is 2.28. The van der Waals surface area contributed by atoms with Crippen molar-refractivity contribution in [1.82, 2.24) is 14.8 Å². The SMILES string of the molecule is Cn1nc(I)c2cc(F)cnc21. The van der Waals surface area contributed by atoms with E-state index in [1.54, 1.807) is 11.7 Å². The van der Waals surface area contributed by atoms with Gasteiger partial charge in [-0.2, -0.15) is 5.10 Å². The molecule has 0 amide bonds. The Bertz CT molecular complexity index is 437. The lowest BCUT2D eigenvalue weighted by Crippen LogP contribution is -1.91. The van der Waals surface area contributed by atoms with Crippen molar-refractivity contribution < 1.29 is 4.39 Å². The Morgan fingerprint density at radius 2 is 2.33 bits per heavy atom. The molecule has 2 aromatic rings. The molecule has 0 fully saturated rings. The van der Waals surface area contributed by atoms with E-state index in [0.29, 0.717) is 5.65 Å². The maximum atomic E-state index is 12.7. The molecule has 0 bridgehead atoms. The summed E-state index contributed by atoms with van der Waals surface area (Å²) in [6.45, 7) is 0. The van der Waals surface area contributed by atoms with Gasteiger partial charge in [-0.3, -0.25) is 0 Å². The van der Waals surface area contributed by atoms with Crippen LogP contribution in [0.2, 0.25) is 0 Å². The number of aromatic nitrogens is 3. The van der Waals surface area contributed by atoms with Gasteiger partial charge in [0.15, 0.2) is 5.65 Å². The van der Waals surface area contributed by atoms with E-state index < -0.39 is 0 Å². The highest BCUT2D eigenvalue weighted by Gasteiger charge is 2.07. The van der Waals surface area contributed by atoms with Gasteiger partial charge in [0, 0.05) is 7.05 Å². The number of rotatable bonds is 0. The fraction of sp³-hybridized carbons (Fsp3) is 0.143. The van der Waals surface area contributed by atoms with Crippen LogP contribution in [-0.2, 0) is 7.05 Å². The molecule has 0 unspecified atom stereocenters. The lowest BCUT2D eigenvalue weighted by molar-refractivity contribution is 0.623. The quantitative estimate of drug-likeness (QED) is 0.686. The Kier molecular flexibility index (Phi) is 1.75. The second-order valence-corrected chi connectivity index (χ2v) is 3.46. The van der Waals surface area contributed by atoms with E-state index in [2.05, 4.69) is 32.7 Å². The van der Waals surface area contributed by atoms with Crippen molar-refractivity contribution in [3.63, 3.8) is 0 Å². The largest absolute Gasteiger partial charge is 0.249 e. The molecule has 3 nitrogen and oxygen atoms in total. The fourth-order valence-corrected chi connectivity index (χ4v) is 1.80. The zero-order valence-electron chi connectivity index (χ0n) is 6.25. The Balaban J connectivity index is 2.90. The third-order valence-corrected chi connectivity index (χ3v) is 2.40. The maximum Gasteiger partial charge on any atom is 0.158 e. The lowest BCUT2D eigenvalue weighted by Gasteiger charge is -1.91. The van der Waals surface area contributed by atoms with E-state index in [9.17, 15) is 4.39 Å². The third-order valence-electron chi connectivity index (χ3n) is 1.60. The van der Waals surface area contributed by atoms with E-state index in [4.69, 9.17) is 0 Å². The number of hydrogen-bond donors (Lipinski definition) is 0. The summed E-state index contributed by atoms with van der Waals surface area (Å²) in [6, 6.07) is 1.44. The highest BCUT2D eigenvalue weighted by atomic mass is 127. The average molecular weight is 277 g/mol. The molecule has 0 saturated heterocycles. The van der Waals surface area contributed by atoms with Crippen molar-refractivity contribution in [2.75, 3.05) is 0 Å². The van der Waals surface area contributed by atoms with Crippen LogP contribution in [0, 0.1) is 9.52 Å². The molecule has 62 valence electrons. The highest BCUT2D eigenvalue weighted by Crippen LogP contribution is 2.17. The van der Waals surface area contributed by atoms with Crippen LogP contribution in [0.15, 0.2) is 12.3 Å². The molecule has 2 rings (SSSR count). The van der Waals surface area contributed by atoms with Crippen molar-refractivity contribution >= 4 is 33.6 Å². The second kappa shape index (κ2) is 2.65. The van der Waals surface area contributed by atoms with Crippen LogP contribution in [0.5, 0.6) is 0 Å². The topological polar surface area (TPSA) is 30.7 Å². The molecule has 0 N–H and O–H groups in total. The maximum absolute atomic E-state index is 12.7. The lowest BCUT2D eigenvalue weighted by atomic mass is 10.3. The van der Waals surface area contributed by atoms with Crippen LogP contribution in [0.3, 0.4) is 0 Å². The molecule has 0 saturated carbocycles. The minimum absolute atomic E-state index is 0.326. The monoisotopic (exact) mass is 277 g/mol. The van der Waals surface area contributed by atoms with E-state index in [1.165, 1.54) is 12.3 Å². The minimum atomic E-state index is -0.326. The van der Waals surface area contributed by atoms with E-state index in [0.717, 1.165) is 9.09 Å². The van der Waals surface area contributed by atoms with E-state index in [1.807, 2.05) is 0 Å². The molecule has 0 aliphatic rings. The van der Waals surface area contributed by atoms with Gasteiger partial charge in [0.05, 0.1) is 11.6 Å². The smallest absolute Gasteiger partial charge is 0.158 e. The third kappa shape index (κ3) is 1.08. The second-order valence-electron chi connectivity index (χ2n) is 2.44. The number of pyridine rings is 1. The number of hydrogen-bond acceptors (Lipinski definition) is 2. The van der Waals surface area contributed by atoms with Crippen LogP contribution in [0.25, 0.3) is 11.0 Å². The van der Waals surface area contributed by atoms with Crippen molar-refractivity contribution in [2.45, 2.75) is 0 Å². The van der Waals surface area contributed by atoms with Crippen LogP contribution >= 0.6 is 22.6 Å². The van der Waals surface area contributed by atoms with Gasteiger partial charge in [-0.05, 0) is 28.7 Å². The first-order valence-corrected chi connectivity index (χ1v) is 4.40. The fourth-order valence-electron chi connectivity index (χ4n) is 1.07. The van der Waals surface area contributed by atoms with Crippen molar-refractivity contribution in [2.24, 2.45) is 7.05 Å². The summed E-state index contributed by atoms with van der Waals surface area (Å²) in [6.07, 6.45) is 1.19. The summed E-state index contributed by atoms with van der Waals surface area (Å²) in [5, 5.41) is 4.87. The summed E-state index contributed by atoms with van der Waals surface area (Å²) in [4.78, 5) is 3.92.